The van der Waals surface area contributed by atoms with Gasteiger partial charge < -0.3 is 5.32 Å². The molecule has 0 saturated heterocycles. The Hall–Kier alpha value is -2.93. The van der Waals surface area contributed by atoms with Crippen LogP contribution in [0.5, 0.6) is 0 Å². The normalized spacial score (nSPS) is 18.2. The van der Waals surface area contributed by atoms with E-state index in [1.54, 1.807) is 22.9 Å². The zero-order valence-electron chi connectivity index (χ0n) is 15.6. The molecular formula is C22H19FN4OS. The number of hydrogen-bond acceptors (Lipinski definition) is 5. The predicted octanol–water partition coefficient (Wildman–Crippen LogP) is 4.73. The topological polar surface area (TPSA) is 59.8 Å². The van der Waals surface area contributed by atoms with E-state index in [1.807, 2.05) is 18.2 Å². The van der Waals surface area contributed by atoms with Gasteiger partial charge in [0, 0.05) is 29.0 Å². The Morgan fingerprint density at radius 1 is 1.10 bits per heavy atom. The molecule has 0 amide bonds. The van der Waals surface area contributed by atoms with Gasteiger partial charge in [0.2, 0.25) is 11.1 Å². The van der Waals surface area contributed by atoms with Crippen LogP contribution in [0.25, 0.3) is 0 Å². The molecule has 5 rings (SSSR count). The molecule has 0 unspecified atom stereocenters. The Balaban J connectivity index is 1.54. The lowest BCUT2D eigenvalue weighted by Gasteiger charge is -2.32. The number of allylic oxidation sites excluding steroid dienone is 2. The Bertz CT molecular complexity index is 1110. The highest BCUT2D eigenvalue weighted by atomic mass is 32.2. The minimum absolute atomic E-state index is 0.0478. The lowest BCUT2D eigenvalue weighted by molar-refractivity contribution is -0.116. The first-order valence-electron chi connectivity index (χ1n) is 9.61. The number of Topliss-reactive ketones (excluding diaryl/α,β-unsaturated/α-hetero) is 1. The van der Waals surface area contributed by atoms with Gasteiger partial charge in [0.05, 0.1) is 0 Å². The van der Waals surface area contributed by atoms with Crippen LogP contribution in [0.2, 0.25) is 0 Å². The van der Waals surface area contributed by atoms with Gasteiger partial charge in [-0.3, -0.25) is 4.79 Å². The molecule has 1 aromatic heterocycles. The molecule has 29 heavy (non-hydrogen) atoms. The SMILES string of the molecule is O=C1CCCC2=C1[C@@H](c1ccccc1F)n1nc(SCc3ccccc3)nc1N2. The molecule has 1 aliphatic heterocycles. The number of carbonyl (C=O) groups is 1. The van der Waals surface area contributed by atoms with Crippen molar-refractivity contribution in [1.82, 2.24) is 14.8 Å². The number of benzene rings is 2. The molecule has 1 N–H and O–H groups in total. The fourth-order valence-corrected chi connectivity index (χ4v) is 4.69. The van der Waals surface area contributed by atoms with Crippen molar-refractivity contribution in [3.63, 3.8) is 0 Å². The fourth-order valence-electron chi connectivity index (χ4n) is 3.90. The zero-order chi connectivity index (χ0) is 19.8. The summed E-state index contributed by atoms with van der Waals surface area (Å²) in [6, 6.07) is 16.1. The number of carbonyl (C=O) groups excluding carboxylic acids is 1. The average molecular weight is 406 g/mol. The zero-order valence-corrected chi connectivity index (χ0v) is 16.5. The largest absolute Gasteiger partial charge is 0.328 e. The third-order valence-corrected chi connectivity index (χ3v) is 6.17. The summed E-state index contributed by atoms with van der Waals surface area (Å²) in [4.78, 5) is 17.4. The van der Waals surface area contributed by atoms with Crippen molar-refractivity contribution in [3.05, 3.63) is 82.8 Å². The van der Waals surface area contributed by atoms with E-state index in [-0.39, 0.29) is 11.6 Å². The Morgan fingerprint density at radius 2 is 1.90 bits per heavy atom. The van der Waals surface area contributed by atoms with Crippen LogP contribution in [0.1, 0.15) is 36.4 Å². The summed E-state index contributed by atoms with van der Waals surface area (Å²) in [5.41, 5.74) is 3.08. The molecule has 0 radical (unpaired) electrons. The minimum Gasteiger partial charge on any atom is -0.328 e. The number of halogens is 1. The maximum Gasteiger partial charge on any atom is 0.227 e. The van der Waals surface area contributed by atoms with Gasteiger partial charge in [0.25, 0.3) is 0 Å². The monoisotopic (exact) mass is 406 g/mol. The van der Waals surface area contributed by atoms with Crippen molar-refractivity contribution in [2.45, 2.75) is 36.2 Å². The van der Waals surface area contributed by atoms with Crippen molar-refractivity contribution >= 4 is 23.5 Å². The van der Waals surface area contributed by atoms with E-state index in [9.17, 15) is 9.18 Å². The number of anilines is 1. The van der Waals surface area contributed by atoms with Gasteiger partial charge in [-0.1, -0.05) is 60.3 Å². The van der Waals surface area contributed by atoms with E-state index >= 15 is 0 Å². The Kier molecular flexibility index (Phi) is 4.67. The van der Waals surface area contributed by atoms with Crippen molar-refractivity contribution in [2.75, 3.05) is 5.32 Å². The van der Waals surface area contributed by atoms with Crippen LogP contribution in [0, 0.1) is 5.82 Å². The number of rotatable bonds is 4. The summed E-state index contributed by atoms with van der Waals surface area (Å²) in [6.45, 7) is 0. The van der Waals surface area contributed by atoms with Crippen LogP contribution in [-0.2, 0) is 10.5 Å². The van der Waals surface area contributed by atoms with Crippen LogP contribution in [0.3, 0.4) is 0 Å². The molecule has 0 bridgehead atoms. The van der Waals surface area contributed by atoms with Gasteiger partial charge >= 0.3 is 0 Å². The fraction of sp³-hybridized carbons (Fsp3) is 0.227. The first-order valence-corrected chi connectivity index (χ1v) is 10.6. The second-order valence-electron chi connectivity index (χ2n) is 7.15. The third kappa shape index (κ3) is 3.35. The molecule has 0 fully saturated rings. The molecule has 1 aliphatic carbocycles. The summed E-state index contributed by atoms with van der Waals surface area (Å²) in [6.07, 6.45) is 2.02. The summed E-state index contributed by atoms with van der Waals surface area (Å²) in [5, 5.41) is 8.52. The lowest BCUT2D eigenvalue weighted by Crippen LogP contribution is -2.32. The van der Waals surface area contributed by atoms with Crippen LogP contribution in [-0.4, -0.2) is 20.5 Å². The minimum atomic E-state index is -0.589. The average Bonchev–Trinajstić information content (AvgIpc) is 3.15. The molecule has 1 atom stereocenters. The molecule has 146 valence electrons. The van der Waals surface area contributed by atoms with Gasteiger partial charge in [0.1, 0.15) is 11.9 Å². The van der Waals surface area contributed by atoms with Gasteiger partial charge in [-0.2, -0.15) is 4.98 Å². The summed E-state index contributed by atoms with van der Waals surface area (Å²) >= 11 is 1.52. The molecule has 5 nitrogen and oxygen atoms in total. The second-order valence-corrected chi connectivity index (χ2v) is 8.10. The van der Waals surface area contributed by atoms with E-state index in [0.29, 0.717) is 28.7 Å². The number of aromatic nitrogens is 3. The van der Waals surface area contributed by atoms with E-state index < -0.39 is 6.04 Å². The first kappa shape index (κ1) is 18.1. The Labute approximate surface area is 172 Å². The molecular weight excluding hydrogens is 387 g/mol. The standard InChI is InChI=1S/C22H19FN4OS/c23-16-10-5-4-9-15(16)20-19-17(11-6-12-18(19)28)24-21-25-22(26-27(20)21)29-13-14-7-2-1-3-8-14/h1-5,7-10,20H,6,11-13H2,(H,24,25,26)/t20-/m1/s1. The van der Waals surface area contributed by atoms with Crippen molar-refractivity contribution in [2.24, 2.45) is 0 Å². The lowest BCUT2D eigenvalue weighted by atomic mass is 9.85. The van der Waals surface area contributed by atoms with Gasteiger partial charge in [-0.15, -0.1) is 5.10 Å². The summed E-state index contributed by atoms with van der Waals surface area (Å²) in [7, 11) is 0. The summed E-state index contributed by atoms with van der Waals surface area (Å²) in [5.74, 6) is 0.999. The highest BCUT2D eigenvalue weighted by Crippen LogP contribution is 2.41. The van der Waals surface area contributed by atoms with Gasteiger partial charge in [-0.25, -0.2) is 9.07 Å². The van der Waals surface area contributed by atoms with Crippen molar-refractivity contribution in [3.8, 4) is 0 Å². The number of ketones is 1. The van der Waals surface area contributed by atoms with E-state index in [4.69, 9.17) is 0 Å². The van der Waals surface area contributed by atoms with Crippen LogP contribution in [0.4, 0.5) is 10.3 Å². The van der Waals surface area contributed by atoms with Crippen molar-refractivity contribution < 1.29 is 9.18 Å². The van der Waals surface area contributed by atoms with Gasteiger partial charge in [-0.05, 0) is 24.5 Å². The molecule has 2 heterocycles. The molecule has 2 aromatic carbocycles. The highest BCUT2D eigenvalue weighted by molar-refractivity contribution is 7.98. The van der Waals surface area contributed by atoms with Crippen LogP contribution in [0.15, 0.2) is 71.0 Å². The molecule has 0 spiro atoms. The quantitative estimate of drug-likeness (QED) is 0.635. The van der Waals surface area contributed by atoms with Crippen LogP contribution < -0.4 is 5.32 Å². The number of fused-ring (bicyclic) bond motifs is 1. The van der Waals surface area contributed by atoms with Crippen LogP contribution >= 0.6 is 11.8 Å². The molecule has 0 saturated carbocycles. The summed E-state index contributed by atoms with van der Waals surface area (Å²) < 4.78 is 16.4. The number of nitrogens with zero attached hydrogens (tertiary/aromatic N) is 3. The van der Waals surface area contributed by atoms with E-state index in [2.05, 4.69) is 27.5 Å². The smallest absolute Gasteiger partial charge is 0.227 e. The number of thioether (sulfide) groups is 1. The molecule has 2 aliphatic rings. The van der Waals surface area contributed by atoms with Gasteiger partial charge in [0.15, 0.2) is 5.78 Å². The molecule has 3 aromatic rings. The Morgan fingerprint density at radius 3 is 2.72 bits per heavy atom. The second kappa shape index (κ2) is 7.48. The van der Waals surface area contributed by atoms with Crippen molar-refractivity contribution in [1.29, 1.82) is 0 Å². The maximum atomic E-state index is 14.7. The molecule has 7 heteroatoms. The first-order chi connectivity index (χ1) is 14.2. The predicted molar refractivity (Wildman–Crippen MR) is 110 cm³/mol. The number of hydrogen-bond donors (Lipinski definition) is 1. The number of nitrogens with one attached hydrogen (secondary N) is 1. The van der Waals surface area contributed by atoms with E-state index in [1.165, 1.54) is 23.4 Å². The van der Waals surface area contributed by atoms with E-state index in [0.717, 1.165) is 24.3 Å². The maximum absolute atomic E-state index is 14.7. The highest BCUT2D eigenvalue weighted by Gasteiger charge is 2.37. The third-order valence-electron chi connectivity index (χ3n) is 5.26.